The van der Waals surface area contributed by atoms with Gasteiger partial charge in [-0.1, -0.05) is 24.3 Å². The summed E-state index contributed by atoms with van der Waals surface area (Å²) in [5.74, 6) is 0.426. The number of benzene rings is 3. The van der Waals surface area contributed by atoms with Crippen LogP contribution in [0.2, 0.25) is 0 Å². The Hall–Kier alpha value is -3.47. The number of rotatable bonds is 8. The van der Waals surface area contributed by atoms with E-state index in [4.69, 9.17) is 4.74 Å². The van der Waals surface area contributed by atoms with Crippen LogP contribution in [0, 0.1) is 5.82 Å². The molecular weight excluding hydrogens is 555 g/mol. The Labute approximate surface area is 248 Å². The minimum atomic E-state index is -3.59. The number of carbonyl (C=O) groups excluding carboxylic acids is 1. The Balaban J connectivity index is 1.41. The van der Waals surface area contributed by atoms with Crippen LogP contribution in [0.15, 0.2) is 71.6 Å². The van der Waals surface area contributed by atoms with Crippen molar-refractivity contribution in [3.8, 4) is 16.9 Å². The van der Waals surface area contributed by atoms with Gasteiger partial charge in [0.05, 0.1) is 22.2 Å². The molecule has 0 radical (unpaired) electrons. The zero-order valence-electron chi connectivity index (χ0n) is 24.9. The molecule has 2 saturated heterocycles. The maximum Gasteiger partial charge on any atom is 0.324 e. The summed E-state index contributed by atoms with van der Waals surface area (Å²) in [5.41, 5.74) is 2.58. The van der Waals surface area contributed by atoms with Gasteiger partial charge in [0.1, 0.15) is 11.6 Å². The molecule has 3 aromatic rings. The second-order valence-corrected chi connectivity index (χ2v) is 13.9. The molecule has 0 bridgehead atoms. The molecule has 2 aliphatic heterocycles. The number of amides is 2. The van der Waals surface area contributed by atoms with Gasteiger partial charge in [0.15, 0.2) is 0 Å². The third kappa shape index (κ3) is 5.88. The molecule has 224 valence electrons. The van der Waals surface area contributed by atoms with E-state index in [-0.39, 0.29) is 17.0 Å². The number of likely N-dealkylation sites (tertiary alicyclic amines) is 1. The Morgan fingerprint density at radius 1 is 1.00 bits per heavy atom. The van der Waals surface area contributed by atoms with Crippen LogP contribution < -0.4 is 9.64 Å². The Morgan fingerprint density at radius 3 is 2.33 bits per heavy atom. The lowest BCUT2D eigenvalue weighted by Gasteiger charge is -2.44. The van der Waals surface area contributed by atoms with Crippen LogP contribution >= 0.6 is 0 Å². The monoisotopic (exact) mass is 594 g/mol. The summed E-state index contributed by atoms with van der Waals surface area (Å²) in [5, 5.41) is 0. The van der Waals surface area contributed by atoms with Gasteiger partial charge in [-0.25, -0.2) is 21.9 Å². The number of ether oxygens (including phenoxy) is 1. The van der Waals surface area contributed by atoms with Crippen LogP contribution in [0.1, 0.15) is 32.3 Å². The molecule has 42 heavy (non-hydrogen) atoms. The third-order valence-electron chi connectivity index (χ3n) is 8.13. The van der Waals surface area contributed by atoms with E-state index in [1.807, 2.05) is 26.0 Å². The molecule has 10 heteroatoms. The van der Waals surface area contributed by atoms with Gasteiger partial charge in [0, 0.05) is 52.9 Å². The fourth-order valence-corrected chi connectivity index (χ4v) is 6.92. The van der Waals surface area contributed by atoms with Crippen LogP contribution in [0.4, 0.5) is 14.9 Å². The van der Waals surface area contributed by atoms with Gasteiger partial charge in [0.2, 0.25) is 10.0 Å². The molecule has 2 fully saturated rings. The number of hydrogen-bond acceptors (Lipinski definition) is 5. The quantitative estimate of drug-likeness (QED) is 0.348. The minimum absolute atomic E-state index is 0.106. The van der Waals surface area contributed by atoms with Crippen LogP contribution in [-0.2, 0) is 16.6 Å². The molecule has 3 aromatic carbocycles. The molecule has 0 aromatic heterocycles. The van der Waals surface area contributed by atoms with Crippen molar-refractivity contribution in [2.75, 3.05) is 45.7 Å². The largest absolute Gasteiger partial charge is 0.491 e. The lowest BCUT2D eigenvalue weighted by molar-refractivity contribution is 0.156. The lowest BCUT2D eigenvalue weighted by atomic mass is 9.85. The summed E-state index contributed by atoms with van der Waals surface area (Å²) in [6.45, 7) is 6.92. The van der Waals surface area contributed by atoms with E-state index in [9.17, 15) is 17.6 Å². The average Bonchev–Trinajstić information content (AvgIpc) is 3.18. The summed E-state index contributed by atoms with van der Waals surface area (Å²) in [7, 11) is 1.17. The Morgan fingerprint density at radius 2 is 1.69 bits per heavy atom. The Bertz CT molecular complexity index is 1550. The highest BCUT2D eigenvalue weighted by Gasteiger charge is 2.51. The maximum absolute atomic E-state index is 14.8. The van der Waals surface area contributed by atoms with Crippen LogP contribution in [0.3, 0.4) is 0 Å². The van der Waals surface area contributed by atoms with Gasteiger partial charge in [0.25, 0.3) is 0 Å². The van der Waals surface area contributed by atoms with E-state index < -0.39 is 21.4 Å². The first-order chi connectivity index (χ1) is 19.9. The highest BCUT2D eigenvalue weighted by atomic mass is 32.2. The van der Waals surface area contributed by atoms with Crippen LogP contribution in [-0.4, -0.2) is 81.0 Å². The molecule has 2 amide bonds. The molecule has 8 nitrogen and oxygen atoms in total. The number of urea groups is 1. The molecular formula is C32H39FN4O4S. The van der Waals surface area contributed by atoms with E-state index >= 15 is 0 Å². The molecule has 0 atom stereocenters. The SMILES string of the molecule is CC(C)Oc1cccc(CN2CCC3(CC2)CN(C)C(=O)N3c2cc(F)ccc2-c2ccc(S(=O)(=O)N(C)C)cc2)c1. The zero-order valence-corrected chi connectivity index (χ0v) is 25.7. The number of sulfonamides is 1. The standard InChI is InChI=1S/C32H39FN4O4S/c1-23(2)41-27-8-6-7-24(19-27)21-36-17-15-32(16-18-36)22-35(5)31(38)37(32)30-20-26(33)11-14-29(30)25-9-12-28(13-10-25)42(39,40)34(3)4/h6-14,19-20,23H,15-18,21-22H2,1-5H3. The maximum atomic E-state index is 14.8. The van der Waals surface area contributed by atoms with Crippen molar-refractivity contribution in [3.63, 3.8) is 0 Å². The minimum Gasteiger partial charge on any atom is -0.491 e. The molecule has 2 heterocycles. The highest BCUT2D eigenvalue weighted by molar-refractivity contribution is 7.89. The van der Waals surface area contributed by atoms with Crippen molar-refractivity contribution in [1.82, 2.24) is 14.1 Å². The first kappa shape index (κ1) is 30.0. The molecule has 0 N–H and O–H groups in total. The molecule has 1 spiro atoms. The molecule has 2 aliphatic rings. The van der Waals surface area contributed by atoms with E-state index in [2.05, 4.69) is 17.0 Å². The van der Waals surface area contributed by atoms with E-state index in [0.717, 1.165) is 42.5 Å². The van der Waals surface area contributed by atoms with Crippen molar-refractivity contribution in [2.45, 2.75) is 49.8 Å². The van der Waals surface area contributed by atoms with Gasteiger partial charge in [-0.15, -0.1) is 0 Å². The number of nitrogens with zero attached hydrogens (tertiary/aromatic N) is 4. The van der Waals surface area contributed by atoms with Gasteiger partial charge >= 0.3 is 6.03 Å². The topological polar surface area (TPSA) is 73.4 Å². The normalized spacial score (nSPS) is 17.6. The first-order valence-electron chi connectivity index (χ1n) is 14.3. The van der Waals surface area contributed by atoms with Gasteiger partial charge in [-0.3, -0.25) is 9.80 Å². The third-order valence-corrected chi connectivity index (χ3v) is 9.96. The summed E-state index contributed by atoms with van der Waals surface area (Å²) in [6, 6.07) is 19.0. The number of hydrogen-bond donors (Lipinski definition) is 0. The van der Waals surface area contributed by atoms with Gasteiger partial charge in [-0.05, 0) is 80.3 Å². The number of piperidine rings is 1. The Kier molecular flexibility index (Phi) is 8.33. The second kappa shape index (κ2) is 11.7. The van der Waals surface area contributed by atoms with Crippen molar-refractivity contribution < 1.29 is 22.3 Å². The summed E-state index contributed by atoms with van der Waals surface area (Å²) >= 11 is 0. The molecule has 0 unspecified atom stereocenters. The number of carbonyl (C=O) groups is 1. The average molecular weight is 595 g/mol. The van der Waals surface area contributed by atoms with E-state index in [1.165, 1.54) is 31.8 Å². The van der Waals surface area contributed by atoms with Crippen molar-refractivity contribution in [1.29, 1.82) is 0 Å². The fourth-order valence-electron chi connectivity index (χ4n) is 6.02. The smallest absolute Gasteiger partial charge is 0.324 e. The summed E-state index contributed by atoms with van der Waals surface area (Å²) < 4.78 is 47.0. The predicted molar refractivity (Wildman–Crippen MR) is 163 cm³/mol. The summed E-state index contributed by atoms with van der Waals surface area (Å²) in [4.78, 5) is 19.7. The lowest BCUT2D eigenvalue weighted by Crippen LogP contribution is -2.54. The first-order valence-corrected chi connectivity index (χ1v) is 15.7. The zero-order chi connectivity index (χ0) is 30.2. The van der Waals surface area contributed by atoms with Gasteiger partial charge in [-0.2, -0.15) is 0 Å². The number of halogens is 1. The van der Waals surface area contributed by atoms with Crippen LogP contribution in [0.25, 0.3) is 11.1 Å². The number of anilines is 1. The molecule has 0 saturated carbocycles. The highest BCUT2D eigenvalue weighted by Crippen LogP contribution is 2.43. The molecule has 5 rings (SSSR count). The van der Waals surface area contributed by atoms with Crippen molar-refractivity contribution >= 4 is 21.7 Å². The number of likely N-dealkylation sites (N-methyl/N-ethyl adjacent to an activating group) is 1. The van der Waals surface area contributed by atoms with E-state index in [1.54, 1.807) is 47.2 Å². The van der Waals surface area contributed by atoms with Gasteiger partial charge < -0.3 is 9.64 Å². The van der Waals surface area contributed by atoms with Crippen LogP contribution in [0.5, 0.6) is 5.75 Å². The fraction of sp³-hybridized carbons (Fsp3) is 0.406. The molecule has 0 aliphatic carbocycles. The van der Waals surface area contributed by atoms with E-state index in [0.29, 0.717) is 23.4 Å². The summed E-state index contributed by atoms with van der Waals surface area (Å²) in [6.07, 6.45) is 1.58. The predicted octanol–water partition coefficient (Wildman–Crippen LogP) is 5.44. The second-order valence-electron chi connectivity index (χ2n) is 11.8. The van der Waals surface area contributed by atoms with Crippen molar-refractivity contribution in [3.05, 3.63) is 78.1 Å². The van der Waals surface area contributed by atoms with Crippen molar-refractivity contribution in [2.24, 2.45) is 0 Å².